The molecule has 1 aromatic rings. The predicted molar refractivity (Wildman–Crippen MR) is 51.6 cm³/mol. The van der Waals surface area contributed by atoms with Crippen LogP contribution in [-0.2, 0) is 9.53 Å². The summed E-state index contributed by atoms with van der Waals surface area (Å²) in [4.78, 5) is 16.8. The van der Waals surface area contributed by atoms with Crippen molar-refractivity contribution >= 4 is 18.9 Å². The van der Waals surface area contributed by atoms with Crippen LogP contribution in [0.2, 0.25) is 0 Å². The van der Waals surface area contributed by atoms with E-state index in [0.717, 1.165) is 0 Å². The smallest absolute Gasteiger partial charge is 0.293 e. The standard InChI is InChI=1S/C4H4N2.C4H8O2.ClH/c1-2-6-4-3-5-1;1-4(2)6-3-5;/h1-4H;3-4H,1-2H3;1H. The molecule has 0 aliphatic heterocycles. The van der Waals surface area contributed by atoms with Crippen LogP contribution >= 0.6 is 12.4 Å². The lowest BCUT2D eigenvalue weighted by atomic mass is 10.5. The van der Waals surface area contributed by atoms with Crippen LogP contribution in [0.5, 0.6) is 0 Å². The molecule has 0 radical (unpaired) electrons. The highest BCUT2D eigenvalue weighted by atomic mass is 35.5. The molecule has 0 aliphatic carbocycles. The van der Waals surface area contributed by atoms with Gasteiger partial charge in [-0.1, -0.05) is 0 Å². The van der Waals surface area contributed by atoms with Gasteiger partial charge in [0.2, 0.25) is 0 Å². The molecule has 0 fully saturated rings. The van der Waals surface area contributed by atoms with Gasteiger partial charge in [0.25, 0.3) is 6.47 Å². The Labute approximate surface area is 83.8 Å². The third-order valence-electron chi connectivity index (χ3n) is 0.805. The Morgan fingerprint density at radius 3 is 1.62 bits per heavy atom. The van der Waals surface area contributed by atoms with Crippen molar-refractivity contribution in [2.45, 2.75) is 20.0 Å². The fourth-order valence-electron chi connectivity index (χ4n) is 0.364. The van der Waals surface area contributed by atoms with E-state index in [9.17, 15) is 4.79 Å². The maximum Gasteiger partial charge on any atom is 0.293 e. The molecular formula is C8H13ClN2O2. The van der Waals surface area contributed by atoms with Crippen LogP contribution in [0.15, 0.2) is 24.8 Å². The van der Waals surface area contributed by atoms with E-state index in [-0.39, 0.29) is 18.5 Å². The number of hydrogen-bond acceptors (Lipinski definition) is 4. The van der Waals surface area contributed by atoms with Crippen molar-refractivity contribution in [3.8, 4) is 0 Å². The summed E-state index contributed by atoms with van der Waals surface area (Å²) in [5, 5.41) is 0. The molecule has 0 saturated carbocycles. The average molecular weight is 205 g/mol. The number of carbonyl (C=O) groups is 1. The van der Waals surface area contributed by atoms with Gasteiger partial charge in [-0.15, -0.1) is 12.4 Å². The molecule has 0 aliphatic rings. The van der Waals surface area contributed by atoms with E-state index in [4.69, 9.17) is 0 Å². The lowest BCUT2D eigenvalue weighted by Gasteiger charge is -1.96. The van der Waals surface area contributed by atoms with Gasteiger partial charge in [0.1, 0.15) is 0 Å². The van der Waals surface area contributed by atoms with Gasteiger partial charge in [0.05, 0.1) is 6.10 Å². The predicted octanol–water partition coefficient (Wildman–Crippen LogP) is 1.47. The molecule has 0 amide bonds. The van der Waals surface area contributed by atoms with Gasteiger partial charge in [0, 0.05) is 24.8 Å². The van der Waals surface area contributed by atoms with Gasteiger partial charge in [-0.3, -0.25) is 14.8 Å². The van der Waals surface area contributed by atoms with Crippen LogP contribution in [0.3, 0.4) is 0 Å². The third-order valence-corrected chi connectivity index (χ3v) is 0.805. The number of carbonyl (C=O) groups excluding carboxylic acids is 1. The molecular weight excluding hydrogens is 192 g/mol. The molecule has 5 heteroatoms. The number of rotatable bonds is 2. The Kier molecular flexibility index (Phi) is 12.0. The summed E-state index contributed by atoms with van der Waals surface area (Å²) in [5.74, 6) is 0. The fraction of sp³-hybridized carbons (Fsp3) is 0.375. The van der Waals surface area contributed by atoms with Gasteiger partial charge < -0.3 is 4.74 Å². The molecule has 1 rings (SSSR count). The lowest BCUT2D eigenvalue weighted by molar-refractivity contribution is -0.131. The van der Waals surface area contributed by atoms with Crippen LogP contribution in [0.4, 0.5) is 0 Å². The van der Waals surface area contributed by atoms with Crippen molar-refractivity contribution in [2.75, 3.05) is 0 Å². The highest BCUT2D eigenvalue weighted by molar-refractivity contribution is 5.85. The quantitative estimate of drug-likeness (QED) is 0.685. The van der Waals surface area contributed by atoms with Crippen molar-refractivity contribution < 1.29 is 9.53 Å². The summed E-state index contributed by atoms with van der Waals surface area (Å²) in [6.07, 6.45) is 6.59. The largest absolute Gasteiger partial charge is 0.465 e. The Morgan fingerprint density at radius 1 is 1.15 bits per heavy atom. The van der Waals surface area contributed by atoms with Gasteiger partial charge in [0.15, 0.2) is 0 Å². The minimum Gasteiger partial charge on any atom is -0.465 e. The van der Waals surface area contributed by atoms with E-state index in [1.165, 1.54) is 0 Å². The zero-order chi connectivity index (χ0) is 9.23. The Hall–Kier alpha value is -1.16. The maximum atomic E-state index is 9.39. The van der Waals surface area contributed by atoms with Crippen LogP contribution in [-0.4, -0.2) is 22.5 Å². The van der Waals surface area contributed by atoms with Gasteiger partial charge >= 0.3 is 0 Å². The van der Waals surface area contributed by atoms with E-state index in [1.807, 2.05) is 0 Å². The average Bonchev–Trinajstić information content (AvgIpc) is 2.08. The third kappa shape index (κ3) is 13.8. The molecule has 13 heavy (non-hydrogen) atoms. The van der Waals surface area contributed by atoms with Gasteiger partial charge in [-0.25, -0.2) is 0 Å². The van der Waals surface area contributed by atoms with E-state index in [1.54, 1.807) is 38.6 Å². The molecule has 0 aromatic carbocycles. The Balaban J connectivity index is 0. The second-order valence-electron chi connectivity index (χ2n) is 2.18. The van der Waals surface area contributed by atoms with E-state index < -0.39 is 0 Å². The monoisotopic (exact) mass is 204 g/mol. The molecule has 0 atom stereocenters. The molecule has 1 heterocycles. The van der Waals surface area contributed by atoms with Gasteiger partial charge in [-0.05, 0) is 13.8 Å². The molecule has 74 valence electrons. The first-order valence-corrected chi connectivity index (χ1v) is 3.56. The minimum absolute atomic E-state index is 0. The molecule has 0 bridgehead atoms. The van der Waals surface area contributed by atoms with Crippen LogP contribution in [0.25, 0.3) is 0 Å². The van der Waals surface area contributed by atoms with E-state index in [0.29, 0.717) is 6.47 Å². The Morgan fingerprint density at radius 2 is 1.54 bits per heavy atom. The topological polar surface area (TPSA) is 52.1 Å². The Bertz CT molecular complexity index is 168. The van der Waals surface area contributed by atoms with Crippen LogP contribution in [0, 0.1) is 0 Å². The highest BCUT2D eigenvalue weighted by Gasteiger charge is 1.83. The summed E-state index contributed by atoms with van der Waals surface area (Å²) in [7, 11) is 0. The van der Waals surface area contributed by atoms with Crippen molar-refractivity contribution in [1.82, 2.24) is 9.97 Å². The van der Waals surface area contributed by atoms with E-state index in [2.05, 4.69) is 14.7 Å². The van der Waals surface area contributed by atoms with Crippen molar-refractivity contribution in [2.24, 2.45) is 0 Å². The van der Waals surface area contributed by atoms with Crippen LogP contribution in [0.1, 0.15) is 13.8 Å². The molecule has 1 aromatic heterocycles. The summed E-state index contributed by atoms with van der Waals surface area (Å²) < 4.78 is 4.36. The second kappa shape index (κ2) is 10.8. The van der Waals surface area contributed by atoms with E-state index >= 15 is 0 Å². The lowest BCUT2D eigenvalue weighted by Crippen LogP contribution is -1.98. The molecule has 0 unspecified atom stereocenters. The highest BCUT2D eigenvalue weighted by Crippen LogP contribution is 1.79. The summed E-state index contributed by atoms with van der Waals surface area (Å²) in [6.45, 7) is 4.05. The fourth-order valence-corrected chi connectivity index (χ4v) is 0.364. The first-order valence-electron chi connectivity index (χ1n) is 3.56. The molecule has 0 saturated heterocycles. The normalized spacial score (nSPS) is 7.62. The first-order chi connectivity index (χ1) is 5.77. The number of halogens is 1. The molecule has 0 spiro atoms. The van der Waals surface area contributed by atoms with Crippen molar-refractivity contribution in [3.63, 3.8) is 0 Å². The van der Waals surface area contributed by atoms with Crippen molar-refractivity contribution in [1.29, 1.82) is 0 Å². The molecule has 0 N–H and O–H groups in total. The minimum atomic E-state index is 0. The number of nitrogens with zero attached hydrogens (tertiary/aromatic N) is 2. The second-order valence-corrected chi connectivity index (χ2v) is 2.18. The van der Waals surface area contributed by atoms with Gasteiger partial charge in [-0.2, -0.15) is 0 Å². The van der Waals surface area contributed by atoms with Crippen molar-refractivity contribution in [3.05, 3.63) is 24.8 Å². The summed E-state index contributed by atoms with van der Waals surface area (Å²) in [5.41, 5.74) is 0. The zero-order valence-electron chi connectivity index (χ0n) is 7.58. The SMILES string of the molecule is CC(C)OC=O.Cl.c1cnccn1. The maximum absolute atomic E-state index is 9.39. The number of hydrogen-bond donors (Lipinski definition) is 0. The zero-order valence-corrected chi connectivity index (χ0v) is 8.40. The molecule has 4 nitrogen and oxygen atoms in total. The summed E-state index contributed by atoms with van der Waals surface area (Å²) in [6, 6.07) is 0. The number of ether oxygens (including phenoxy) is 1. The summed E-state index contributed by atoms with van der Waals surface area (Å²) >= 11 is 0. The number of aromatic nitrogens is 2. The first kappa shape index (κ1) is 14.4. The van der Waals surface area contributed by atoms with Crippen LogP contribution < -0.4 is 0 Å².